The quantitative estimate of drug-likeness (QED) is 0.805. The molecule has 1 aliphatic carbocycles. The molecular weight excluding hydrogens is 298 g/mol. The largest absolute Gasteiger partial charge is 0.490 e. The van der Waals surface area contributed by atoms with Crippen LogP contribution >= 0.6 is 0 Å². The standard InChI is InChI=1S/C21H31NO2/c1-2-16-4-3-5-17-15-21-20(14-18(17)7-6-16)22(10-13-24-21)19-8-11-23-12-9-19/h14-16,19H,2-13H2,1H3. The first kappa shape index (κ1) is 16.3. The van der Waals surface area contributed by atoms with Crippen LogP contribution in [0.2, 0.25) is 0 Å². The van der Waals surface area contributed by atoms with Gasteiger partial charge in [-0.25, -0.2) is 0 Å². The van der Waals surface area contributed by atoms with Gasteiger partial charge in [0.2, 0.25) is 0 Å². The molecule has 0 aromatic heterocycles. The zero-order chi connectivity index (χ0) is 16.4. The van der Waals surface area contributed by atoms with Crippen LogP contribution in [-0.4, -0.2) is 32.4 Å². The van der Waals surface area contributed by atoms with E-state index < -0.39 is 0 Å². The Hall–Kier alpha value is -1.22. The van der Waals surface area contributed by atoms with E-state index in [0.717, 1.165) is 50.9 Å². The van der Waals surface area contributed by atoms with Crippen LogP contribution in [0.3, 0.4) is 0 Å². The molecule has 1 saturated heterocycles. The minimum Gasteiger partial charge on any atom is -0.490 e. The summed E-state index contributed by atoms with van der Waals surface area (Å²) in [6.45, 7) is 6.00. The summed E-state index contributed by atoms with van der Waals surface area (Å²) >= 11 is 0. The summed E-state index contributed by atoms with van der Waals surface area (Å²) in [4.78, 5) is 2.61. The van der Waals surface area contributed by atoms with Crippen molar-refractivity contribution in [3.8, 4) is 5.75 Å². The topological polar surface area (TPSA) is 21.7 Å². The van der Waals surface area contributed by atoms with Gasteiger partial charge in [0.15, 0.2) is 0 Å². The highest BCUT2D eigenvalue weighted by Gasteiger charge is 2.28. The van der Waals surface area contributed by atoms with Crippen molar-refractivity contribution in [1.29, 1.82) is 0 Å². The van der Waals surface area contributed by atoms with Crippen LogP contribution in [0, 0.1) is 5.92 Å². The molecule has 0 saturated carbocycles. The number of nitrogens with zero attached hydrogens (tertiary/aromatic N) is 1. The highest BCUT2D eigenvalue weighted by molar-refractivity contribution is 5.64. The lowest BCUT2D eigenvalue weighted by atomic mass is 9.85. The number of hydrogen-bond acceptors (Lipinski definition) is 3. The number of aryl methyl sites for hydroxylation is 2. The fraction of sp³-hybridized carbons (Fsp3) is 0.714. The molecule has 3 heteroatoms. The van der Waals surface area contributed by atoms with Gasteiger partial charge in [-0.15, -0.1) is 0 Å². The van der Waals surface area contributed by atoms with E-state index in [4.69, 9.17) is 9.47 Å². The van der Waals surface area contributed by atoms with Crippen molar-refractivity contribution < 1.29 is 9.47 Å². The molecule has 0 N–H and O–H groups in total. The Morgan fingerprint density at radius 3 is 2.67 bits per heavy atom. The normalized spacial score (nSPS) is 25.2. The summed E-state index contributed by atoms with van der Waals surface area (Å²) < 4.78 is 11.6. The molecule has 2 aliphatic heterocycles. The highest BCUT2D eigenvalue weighted by Crippen LogP contribution is 2.39. The van der Waals surface area contributed by atoms with Gasteiger partial charge in [-0.05, 0) is 67.7 Å². The lowest BCUT2D eigenvalue weighted by molar-refractivity contribution is 0.0827. The summed E-state index contributed by atoms with van der Waals surface area (Å²) in [5, 5.41) is 0. The first-order valence-electron chi connectivity index (χ1n) is 9.98. The van der Waals surface area contributed by atoms with E-state index in [1.807, 2.05) is 0 Å². The minimum absolute atomic E-state index is 0.622. The SMILES string of the molecule is CCC1CCCc2cc3c(cc2CC1)N(C1CCOCC1)CCO3. The van der Waals surface area contributed by atoms with Crippen LogP contribution in [0.25, 0.3) is 0 Å². The van der Waals surface area contributed by atoms with Crippen LogP contribution in [-0.2, 0) is 17.6 Å². The molecular formula is C21H31NO2. The lowest BCUT2D eigenvalue weighted by Crippen LogP contribution is -2.44. The molecule has 24 heavy (non-hydrogen) atoms. The molecule has 132 valence electrons. The third-order valence-electron chi connectivity index (χ3n) is 6.27. The average molecular weight is 329 g/mol. The molecule has 3 aliphatic rings. The molecule has 0 radical (unpaired) electrons. The zero-order valence-electron chi connectivity index (χ0n) is 15.1. The molecule has 1 aromatic rings. The van der Waals surface area contributed by atoms with Crippen LogP contribution in [0.15, 0.2) is 12.1 Å². The number of fused-ring (bicyclic) bond motifs is 2. The summed E-state index contributed by atoms with van der Waals surface area (Å²) in [7, 11) is 0. The number of benzene rings is 1. The molecule has 0 bridgehead atoms. The Balaban J connectivity index is 1.62. The maximum Gasteiger partial charge on any atom is 0.142 e. The lowest BCUT2D eigenvalue weighted by Gasteiger charge is -2.40. The summed E-state index contributed by atoms with van der Waals surface area (Å²) in [5.74, 6) is 2.04. The van der Waals surface area contributed by atoms with Gasteiger partial charge in [0.1, 0.15) is 12.4 Å². The Labute approximate surface area is 146 Å². The van der Waals surface area contributed by atoms with E-state index in [2.05, 4.69) is 24.0 Å². The first-order valence-corrected chi connectivity index (χ1v) is 9.98. The summed E-state index contributed by atoms with van der Waals surface area (Å²) in [6, 6.07) is 5.45. The van der Waals surface area contributed by atoms with E-state index in [1.54, 1.807) is 5.56 Å². The second-order valence-electron chi connectivity index (χ2n) is 7.68. The van der Waals surface area contributed by atoms with E-state index in [-0.39, 0.29) is 0 Å². The molecule has 1 unspecified atom stereocenters. The van der Waals surface area contributed by atoms with E-state index in [1.165, 1.54) is 49.8 Å². The highest BCUT2D eigenvalue weighted by atomic mass is 16.5. The van der Waals surface area contributed by atoms with E-state index >= 15 is 0 Å². The van der Waals surface area contributed by atoms with Gasteiger partial charge in [0.05, 0.1) is 12.2 Å². The molecule has 1 atom stereocenters. The maximum absolute atomic E-state index is 6.05. The molecule has 1 fully saturated rings. The van der Waals surface area contributed by atoms with Gasteiger partial charge in [0.25, 0.3) is 0 Å². The Morgan fingerprint density at radius 1 is 1.00 bits per heavy atom. The molecule has 1 aromatic carbocycles. The minimum atomic E-state index is 0.622. The van der Waals surface area contributed by atoms with Crippen molar-refractivity contribution in [2.75, 3.05) is 31.3 Å². The second-order valence-corrected chi connectivity index (χ2v) is 7.68. The van der Waals surface area contributed by atoms with E-state index in [0.29, 0.717) is 6.04 Å². The van der Waals surface area contributed by atoms with Gasteiger partial charge < -0.3 is 14.4 Å². The Morgan fingerprint density at radius 2 is 1.83 bits per heavy atom. The molecule has 4 rings (SSSR count). The number of hydrogen-bond donors (Lipinski definition) is 0. The third kappa shape index (κ3) is 3.28. The molecule has 2 heterocycles. The van der Waals surface area contributed by atoms with Crippen LogP contribution < -0.4 is 9.64 Å². The maximum atomic E-state index is 6.05. The van der Waals surface area contributed by atoms with Gasteiger partial charge in [-0.3, -0.25) is 0 Å². The Bertz CT molecular complexity index is 565. The fourth-order valence-electron chi connectivity index (χ4n) is 4.70. The van der Waals surface area contributed by atoms with Crippen LogP contribution in [0.1, 0.15) is 56.6 Å². The van der Waals surface area contributed by atoms with Crippen molar-refractivity contribution in [2.45, 2.75) is 64.3 Å². The van der Waals surface area contributed by atoms with Gasteiger partial charge >= 0.3 is 0 Å². The summed E-state index contributed by atoms with van der Waals surface area (Å²) in [6.07, 6.45) is 10.2. The van der Waals surface area contributed by atoms with Crippen LogP contribution in [0.5, 0.6) is 5.75 Å². The first-order chi connectivity index (χ1) is 11.8. The van der Waals surface area contributed by atoms with E-state index in [9.17, 15) is 0 Å². The van der Waals surface area contributed by atoms with Crippen molar-refractivity contribution >= 4 is 5.69 Å². The van der Waals surface area contributed by atoms with Crippen molar-refractivity contribution in [1.82, 2.24) is 0 Å². The Kier molecular flexibility index (Phi) is 4.98. The molecule has 0 amide bonds. The van der Waals surface area contributed by atoms with Gasteiger partial charge in [-0.2, -0.15) is 0 Å². The summed E-state index contributed by atoms with van der Waals surface area (Å²) in [5.41, 5.74) is 4.46. The second kappa shape index (κ2) is 7.35. The predicted molar refractivity (Wildman–Crippen MR) is 98.2 cm³/mol. The number of anilines is 1. The van der Waals surface area contributed by atoms with Gasteiger partial charge in [-0.1, -0.05) is 19.8 Å². The predicted octanol–water partition coefficient (Wildman–Crippen LogP) is 4.36. The smallest absolute Gasteiger partial charge is 0.142 e. The van der Waals surface area contributed by atoms with Crippen molar-refractivity contribution in [3.05, 3.63) is 23.3 Å². The van der Waals surface area contributed by atoms with Crippen LogP contribution in [0.4, 0.5) is 5.69 Å². The number of ether oxygens (including phenoxy) is 2. The van der Waals surface area contributed by atoms with Crippen molar-refractivity contribution in [2.24, 2.45) is 5.92 Å². The molecule has 0 spiro atoms. The average Bonchev–Trinajstić information content (AvgIpc) is 2.62. The molecule has 3 nitrogen and oxygen atoms in total. The third-order valence-corrected chi connectivity index (χ3v) is 6.27. The number of rotatable bonds is 2. The van der Waals surface area contributed by atoms with Crippen molar-refractivity contribution in [3.63, 3.8) is 0 Å². The monoisotopic (exact) mass is 329 g/mol. The fourth-order valence-corrected chi connectivity index (χ4v) is 4.70. The zero-order valence-corrected chi connectivity index (χ0v) is 15.1. The van der Waals surface area contributed by atoms with Gasteiger partial charge in [0, 0.05) is 19.3 Å².